The van der Waals surface area contributed by atoms with Gasteiger partial charge in [0.15, 0.2) is 0 Å². The second-order valence-corrected chi connectivity index (χ2v) is 8.37. The second-order valence-electron chi connectivity index (χ2n) is 8.37. The van der Waals surface area contributed by atoms with Crippen molar-refractivity contribution in [2.24, 2.45) is 0 Å². The van der Waals surface area contributed by atoms with Crippen molar-refractivity contribution in [2.75, 3.05) is 6.54 Å². The molecule has 4 rings (SSSR count). The molecular formula is C28H29N3O4. The standard InChI is InChI=1S/C28H29N3O4/c32-27(31(34)17-9-14-21-10-3-1-4-11-21)26(18-23-19-29-25-16-8-7-15-24(23)25)30-28(33)35-20-22-12-5-2-6-13-22/h1-8,10-13,15-16,19,26,29,34H,9,14,17-18,20H2,(H,30,33)/t26-/m0/s1. The highest BCUT2D eigenvalue weighted by Crippen LogP contribution is 2.20. The van der Waals surface area contributed by atoms with Gasteiger partial charge in [-0.15, -0.1) is 0 Å². The number of H-pyrrole nitrogens is 1. The summed E-state index contributed by atoms with van der Waals surface area (Å²) in [5.41, 5.74) is 3.77. The highest BCUT2D eigenvalue weighted by atomic mass is 16.5. The zero-order valence-corrected chi connectivity index (χ0v) is 19.4. The van der Waals surface area contributed by atoms with Crippen molar-refractivity contribution in [3.8, 4) is 0 Å². The fraction of sp³-hybridized carbons (Fsp3) is 0.214. The van der Waals surface area contributed by atoms with Gasteiger partial charge in [-0.2, -0.15) is 0 Å². The molecule has 0 saturated carbocycles. The first-order chi connectivity index (χ1) is 17.1. The van der Waals surface area contributed by atoms with Crippen LogP contribution in [0.5, 0.6) is 0 Å². The van der Waals surface area contributed by atoms with Gasteiger partial charge in [0.05, 0.1) is 0 Å². The van der Waals surface area contributed by atoms with E-state index in [1.54, 1.807) is 0 Å². The van der Waals surface area contributed by atoms with Gasteiger partial charge in [-0.3, -0.25) is 10.0 Å². The van der Waals surface area contributed by atoms with Gasteiger partial charge in [0.2, 0.25) is 0 Å². The minimum absolute atomic E-state index is 0.0839. The lowest BCUT2D eigenvalue weighted by Crippen LogP contribution is -2.49. The molecule has 0 aliphatic heterocycles. The van der Waals surface area contributed by atoms with Crippen molar-refractivity contribution in [2.45, 2.75) is 31.9 Å². The van der Waals surface area contributed by atoms with Crippen molar-refractivity contribution < 1.29 is 19.5 Å². The Labute approximate surface area is 204 Å². The smallest absolute Gasteiger partial charge is 0.408 e. The number of rotatable bonds is 10. The van der Waals surface area contributed by atoms with Gasteiger partial charge >= 0.3 is 6.09 Å². The molecule has 7 nitrogen and oxygen atoms in total. The molecule has 0 saturated heterocycles. The molecule has 0 fully saturated rings. The SMILES string of the molecule is O=C(N[C@@H](Cc1c[nH]c2ccccc12)C(=O)N(O)CCCc1ccccc1)OCc1ccccc1. The summed E-state index contributed by atoms with van der Waals surface area (Å²) in [6.07, 6.45) is 2.62. The van der Waals surface area contributed by atoms with Gasteiger partial charge in [0.1, 0.15) is 12.6 Å². The number of hydrogen-bond acceptors (Lipinski definition) is 4. The molecule has 1 heterocycles. The molecule has 180 valence electrons. The van der Waals surface area contributed by atoms with Crippen LogP contribution in [-0.2, 0) is 29.0 Å². The molecule has 2 amide bonds. The van der Waals surface area contributed by atoms with E-state index in [0.717, 1.165) is 34.0 Å². The lowest BCUT2D eigenvalue weighted by atomic mass is 10.0. The number of alkyl carbamates (subject to hydrolysis) is 1. The molecule has 4 aromatic rings. The summed E-state index contributed by atoms with van der Waals surface area (Å²) in [6, 6.07) is 25.9. The minimum Gasteiger partial charge on any atom is -0.445 e. The van der Waals surface area contributed by atoms with Crippen molar-refractivity contribution >= 4 is 22.9 Å². The van der Waals surface area contributed by atoms with Crippen molar-refractivity contribution in [3.05, 3.63) is 108 Å². The van der Waals surface area contributed by atoms with E-state index in [1.807, 2.05) is 91.1 Å². The summed E-state index contributed by atoms with van der Waals surface area (Å²) in [4.78, 5) is 28.9. The summed E-state index contributed by atoms with van der Waals surface area (Å²) >= 11 is 0. The van der Waals surface area contributed by atoms with Crippen LogP contribution < -0.4 is 5.32 Å². The van der Waals surface area contributed by atoms with Crippen molar-refractivity contribution in [3.63, 3.8) is 0 Å². The van der Waals surface area contributed by atoms with Crippen LogP contribution in [0, 0.1) is 0 Å². The number of para-hydroxylation sites is 1. The molecule has 0 aliphatic rings. The zero-order chi connectivity index (χ0) is 24.5. The molecule has 0 unspecified atom stereocenters. The number of hydroxylamine groups is 2. The third kappa shape index (κ3) is 6.71. The average molecular weight is 472 g/mol. The Hall–Kier alpha value is -4.10. The molecule has 0 spiro atoms. The minimum atomic E-state index is -0.987. The predicted molar refractivity (Wildman–Crippen MR) is 134 cm³/mol. The number of hydrogen-bond donors (Lipinski definition) is 3. The number of aromatic nitrogens is 1. The lowest BCUT2D eigenvalue weighted by molar-refractivity contribution is -0.167. The first kappa shape index (κ1) is 24.0. The van der Waals surface area contributed by atoms with E-state index in [1.165, 1.54) is 0 Å². The molecule has 0 aliphatic carbocycles. The van der Waals surface area contributed by atoms with Gasteiger partial charge in [-0.1, -0.05) is 78.9 Å². The van der Waals surface area contributed by atoms with Crippen LogP contribution in [0.1, 0.15) is 23.1 Å². The van der Waals surface area contributed by atoms with E-state index in [9.17, 15) is 14.8 Å². The number of amides is 2. The van der Waals surface area contributed by atoms with E-state index in [2.05, 4.69) is 10.3 Å². The Morgan fingerprint density at radius 1 is 0.914 bits per heavy atom. The number of carbonyl (C=O) groups is 2. The first-order valence-corrected chi connectivity index (χ1v) is 11.7. The summed E-state index contributed by atoms with van der Waals surface area (Å²) in [6.45, 7) is 0.236. The predicted octanol–water partition coefficient (Wildman–Crippen LogP) is 4.86. The number of aromatic amines is 1. The average Bonchev–Trinajstić information content (AvgIpc) is 3.30. The Balaban J connectivity index is 1.42. The van der Waals surface area contributed by atoms with E-state index in [-0.39, 0.29) is 19.6 Å². The maximum atomic E-state index is 13.2. The van der Waals surface area contributed by atoms with Crippen LogP contribution in [0.3, 0.4) is 0 Å². The molecule has 7 heteroatoms. The Morgan fingerprint density at radius 3 is 2.31 bits per heavy atom. The van der Waals surface area contributed by atoms with Crippen LogP contribution >= 0.6 is 0 Å². The molecule has 3 aromatic carbocycles. The molecule has 3 N–H and O–H groups in total. The number of ether oxygens (including phenoxy) is 1. The molecule has 0 bridgehead atoms. The fourth-order valence-electron chi connectivity index (χ4n) is 4.00. The molecule has 0 radical (unpaired) electrons. The van der Waals surface area contributed by atoms with Crippen LogP contribution in [0.25, 0.3) is 10.9 Å². The van der Waals surface area contributed by atoms with Crippen molar-refractivity contribution in [1.29, 1.82) is 0 Å². The monoisotopic (exact) mass is 471 g/mol. The van der Waals surface area contributed by atoms with Gasteiger partial charge in [0.25, 0.3) is 5.91 Å². The number of fused-ring (bicyclic) bond motifs is 1. The van der Waals surface area contributed by atoms with Crippen LogP contribution in [0.15, 0.2) is 91.1 Å². The van der Waals surface area contributed by atoms with Gasteiger partial charge in [-0.05, 0) is 35.6 Å². The van der Waals surface area contributed by atoms with Crippen LogP contribution in [-0.4, -0.2) is 39.8 Å². The maximum absolute atomic E-state index is 13.2. The van der Waals surface area contributed by atoms with Gasteiger partial charge in [0, 0.05) is 30.1 Å². The quantitative estimate of drug-likeness (QED) is 0.227. The van der Waals surface area contributed by atoms with Gasteiger partial charge in [-0.25, -0.2) is 9.86 Å². The number of aryl methyl sites for hydroxylation is 1. The molecule has 1 atom stereocenters. The normalized spacial score (nSPS) is 11.7. The van der Waals surface area contributed by atoms with E-state index < -0.39 is 18.0 Å². The van der Waals surface area contributed by atoms with E-state index in [4.69, 9.17) is 4.74 Å². The fourth-order valence-corrected chi connectivity index (χ4v) is 4.00. The summed E-state index contributed by atoms with van der Waals surface area (Å²) in [5, 5.41) is 14.8. The maximum Gasteiger partial charge on any atom is 0.408 e. The zero-order valence-electron chi connectivity index (χ0n) is 19.4. The topological polar surface area (TPSA) is 94.7 Å². The second kappa shape index (κ2) is 11.9. The van der Waals surface area contributed by atoms with Crippen LogP contribution in [0.4, 0.5) is 4.79 Å². The number of nitrogens with one attached hydrogen (secondary N) is 2. The highest BCUT2D eigenvalue weighted by molar-refractivity contribution is 5.87. The van der Waals surface area contributed by atoms with Crippen LogP contribution in [0.2, 0.25) is 0 Å². The third-order valence-corrected chi connectivity index (χ3v) is 5.83. The summed E-state index contributed by atoms with van der Waals surface area (Å²) in [7, 11) is 0. The van der Waals surface area contributed by atoms with Crippen molar-refractivity contribution in [1.82, 2.24) is 15.4 Å². The highest BCUT2D eigenvalue weighted by Gasteiger charge is 2.27. The molecule has 35 heavy (non-hydrogen) atoms. The Bertz CT molecular complexity index is 1240. The van der Waals surface area contributed by atoms with E-state index in [0.29, 0.717) is 11.5 Å². The molecular weight excluding hydrogens is 442 g/mol. The first-order valence-electron chi connectivity index (χ1n) is 11.7. The Morgan fingerprint density at radius 2 is 1.57 bits per heavy atom. The molecule has 1 aromatic heterocycles. The van der Waals surface area contributed by atoms with Gasteiger partial charge < -0.3 is 15.0 Å². The number of benzene rings is 3. The Kier molecular flexibility index (Phi) is 8.14. The third-order valence-electron chi connectivity index (χ3n) is 5.83. The largest absolute Gasteiger partial charge is 0.445 e. The summed E-state index contributed by atoms with van der Waals surface area (Å²) in [5.74, 6) is -0.583. The summed E-state index contributed by atoms with van der Waals surface area (Å²) < 4.78 is 5.32. The lowest BCUT2D eigenvalue weighted by Gasteiger charge is -2.23. The number of nitrogens with zero attached hydrogens (tertiary/aromatic N) is 1. The number of carbonyl (C=O) groups excluding carboxylic acids is 2. The van der Waals surface area contributed by atoms with E-state index >= 15 is 0 Å².